The standard InChI is InChI=1S/C16H25N3O3/c1-12-9-15(20)14(11-17(12)3)16(21)18(4)10-13(2)19-5-7-22-8-6-19/h9,11,13H,5-8,10H2,1-4H3. The number of ether oxygens (including phenoxy) is 1. The number of nitrogens with zero attached hydrogens (tertiary/aromatic N) is 3. The van der Waals surface area contributed by atoms with Crippen LogP contribution in [0.4, 0.5) is 0 Å². The monoisotopic (exact) mass is 307 g/mol. The smallest absolute Gasteiger partial charge is 0.259 e. The van der Waals surface area contributed by atoms with E-state index in [1.54, 1.807) is 22.7 Å². The molecule has 1 fully saturated rings. The number of morpholine rings is 1. The molecule has 2 heterocycles. The summed E-state index contributed by atoms with van der Waals surface area (Å²) in [4.78, 5) is 28.5. The largest absolute Gasteiger partial charge is 0.379 e. The van der Waals surface area contributed by atoms with Gasteiger partial charge in [-0.15, -0.1) is 0 Å². The Labute approximate surface area is 131 Å². The summed E-state index contributed by atoms with van der Waals surface area (Å²) in [5.74, 6) is -0.222. The molecule has 1 atom stereocenters. The topological polar surface area (TPSA) is 54.8 Å². The van der Waals surface area contributed by atoms with Gasteiger partial charge in [0.15, 0.2) is 5.43 Å². The first-order valence-corrected chi connectivity index (χ1v) is 7.64. The fraction of sp³-hybridized carbons (Fsp3) is 0.625. The molecule has 22 heavy (non-hydrogen) atoms. The molecule has 0 aromatic carbocycles. The highest BCUT2D eigenvalue weighted by atomic mass is 16.5. The zero-order valence-corrected chi connectivity index (χ0v) is 13.8. The van der Waals surface area contributed by atoms with Gasteiger partial charge in [-0.3, -0.25) is 14.5 Å². The lowest BCUT2D eigenvalue weighted by molar-refractivity contribution is 0.0142. The minimum Gasteiger partial charge on any atom is -0.379 e. The molecule has 6 nitrogen and oxygen atoms in total. The van der Waals surface area contributed by atoms with Crippen molar-refractivity contribution >= 4 is 5.91 Å². The minimum atomic E-state index is -0.222. The summed E-state index contributed by atoms with van der Waals surface area (Å²) in [6.45, 7) is 7.78. The second-order valence-corrected chi connectivity index (χ2v) is 5.99. The van der Waals surface area contributed by atoms with Crippen molar-refractivity contribution in [2.45, 2.75) is 19.9 Å². The number of carbonyl (C=O) groups is 1. The van der Waals surface area contributed by atoms with Crippen LogP contribution in [0.3, 0.4) is 0 Å². The highest BCUT2D eigenvalue weighted by molar-refractivity contribution is 5.93. The molecule has 1 saturated heterocycles. The first-order chi connectivity index (χ1) is 10.4. The number of hydrogen-bond donors (Lipinski definition) is 0. The molecule has 0 saturated carbocycles. The van der Waals surface area contributed by atoms with E-state index < -0.39 is 0 Å². The van der Waals surface area contributed by atoms with Gasteiger partial charge in [0.05, 0.1) is 13.2 Å². The fourth-order valence-corrected chi connectivity index (χ4v) is 2.71. The van der Waals surface area contributed by atoms with Crippen molar-refractivity contribution in [1.82, 2.24) is 14.4 Å². The Morgan fingerprint density at radius 1 is 1.41 bits per heavy atom. The van der Waals surface area contributed by atoms with Gasteiger partial charge < -0.3 is 14.2 Å². The predicted octanol–water partition coefficient (Wildman–Crippen LogP) is 0.486. The summed E-state index contributed by atoms with van der Waals surface area (Å²) in [5, 5.41) is 0. The van der Waals surface area contributed by atoms with Gasteiger partial charge in [-0.25, -0.2) is 0 Å². The normalized spacial score (nSPS) is 17.3. The van der Waals surface area contributed by atoms with E-state index in [4.69, 9.17) is 4.74 Å². The summed E-state index contributed by atoms with van der Waals surface area (Å²) in [6.07, 6.45) is 1.62. The number of rotatable bonds is 4. The second kappa shape index (κ2) is 7.07. The van der Waals surface area contributed by atoms with Gasteiger partial charge in [-0.2, -0.15) is 0 Å². The second-order valence-electron chi connectivity index (χ2n) is 5.99. The fourth-order valence-electron chi connectivity index (χ4n) is 2.71. The van der Waals surface area contributed by atoms with Crippen LogP contribution in [0.15, 0.2) is 17.1 Å². The lowest BCUT2D eigenvalue weighted by Gasteiger charge is -2.34. The van der Waals surface area contributed by atoms with Gasteiger partial charge >= 0.3 is 0 Å². The first kappa shape index (κ1) is 16.7. The van der Waals surface area contributed by atoms with Crippen LogP contribution in [0.5, 0.6) is 0 Å². The molecule has 0 N–H and O–H groups in total. The molecule has 1 amide bonds. The number of aryl methyl sites for hydroxylation is 2. The third-order valence-electron chi connectivity index (χ3n) is 4.27. The molecule has 1 aliphatic rings. The molecule has 1 aromatic rings. The number of pyridine rings is 1. The van der Waals surface area contributed by atoms with Gasteiger partial charge in [0.2, 0.25) is 0 Å². The van der Waals surface area contributed by atoms with Crippen LogP contribution in [-0.2, 0) is 11.8 Å². The van der Waals surface area contributed by atoms with Crippen molar-refractivity contribution in [3.63, 3.8) is 0 Å². The van der Waals surface area contributed by atoms with Gasteiger partial charge in [0, 0.05) is 57.7 Å². The molecule has 1 unspecified atom stereocenters. The summed E-state index contributed by atoms with van der Waals surface area (Å²) in [6, 6.07) is 1.75. The predicted molar refractivity (Wildman–Crippen MR) is 85.2 cm³/mol. The lowest BCUT2D eigenvalue weighted by atomic mass is 10.2. The van der Waals surface area contributed by atoms with Crippen molar-refractivity contribution in [2.24, 2.45) is 7.05 Å². The molecule has 2 rings (SSSR count). The van der Waals surface area contributed by atoms with Crippen LogP contribution >= 0.6 is 0 Å². The molecule has 0 spiro atoms. The number of aromatic nitrogens is 1. The Hall–Kier alpha value is -1.66. The van der Waals surface area contributed by atoms with Crippen LogP contribution in [-0.4, -0.2) is 66.2 Å². The van der Waals surface area contributed by atoms with E-state index in [0.717, 1.165) is 32.0 Å². The first-order valence-electron chi connectivity index (χ1n) is 7.64. The number of amides is 1. The molecule has 0 radical (unpaired) electrons. The van der Waals surface area contributed by atoms with Crippen LogP contribution < -0.4 is 5.43 Å². The maximum Gasteiger partial charge on any atom is 0.259 e. The summed E-state index contributed by atoms with van der Waals surface area (Å²) in [7, 11) is 3.58. The van der Waals surface area contributed by atoms with E-state index >= 15 is 0 Å². The Morgan fingerprint density at radius 2 is 2.05 bits per heavy atom. The number of likely N-dealkylation sites (N-methyl/N-ethyl adjacent to an activating group) is 1. The van der Waals surface area contributed by atoms with E-state index in [1.165, 1.54) is 6.07 Å². The molecular formula is C16H25N3O3. The van der Waals surface area contributed by atoms with Gasteiger partial charge in [0.1, 0.15) is 5.56 Å². The van der Waals surface area contributed by atoms with Gasteiger partial charge in [0.25, 0.3) is 5.91 Å². The van der Waals surface area contributed by atoms with Gasteiger partial charge in [-0.05, 0) is 13.8 Å². The molecule has 1 aromatic heterocycles. The average Bonchev–Trinajstić information content (AvgIpc) is 2.51. The van der Waals surface area contributed by atoms with Crippen LogP contribution in [0.25, 0.3) is 0 Å². The van der Waals surface area contributed by atoms with E-state index in [0.29, 0.717) is 6.54 Å². The van der Waals surface area contributed by atoms with Crippen molar-refractivity contribution < 1.29 is 9.53 Å². The maximum absolute atomic E-state index is 12.5. The van der Waals surface area contributed by atoms with Crippen LogP contribution in [0, 0.1) is 6.92 Å². The van der Waals surface area contributed by atoms with Crippen molar-refractivity contribution in [2.75, 3.05) is 39.9 Å². The highest BCUT2D eigenvalue weighted by Crippen LogP contribution is 2.07. The third kappa shape index (κ3) is 3.75. The maximum atomic E-state index is 12.5. The average molecular weight is 307 g/mol. The summed E-state index contributed by atoms with van der Waals surface area (Å²) >= 11 is 0. The summed E-state index contributed by atoms with van der Waals surface area (Å²) < 4.78 is 7.14. The number of carbonyl (C=O) groups excluding carboxylic acids is 1. The van der Waals surface area contributed by atoms with E-state index in [1.807, 2.05) is 14.0 Å². The van der Waals surface area contributed by atoms with Crippen LogP contribution in [0.1, 0.15) is 23.0 Å². The van der Waals surface area contributed by atoms with Crippen molar-refractivity contribution in [3.8, 4) is 0 Å². The van der Waals surface area contributed by atoms with E-state index in [-0.39, 0.29) is 22.9 Å². The highest BCUT2D eigenvalue weighted by Gasteiger charge is 2.22. The van der Waals surface area contributed by atoms with Gasteiger partial charge in [-0.1, -0.05) is 0 Å². The molecule has 1 aliphatic heterocycles. The Bertz CT molecular complexity index is 591. The molecule has 122 valence electrons. The quantitative estimate of drug-likeness (QED) is 0.812. The van der Waals surface area contributed by atoms with E-state index in [9.17, 15) is 9.59 Å². The molecular weight excluding hydrogens is 282 g/mol. The zero-order chi connectivity index (χ0) is 16.3. The Morgan fingerprint density at radius 3 is 2.68 bits per heavy atom. The van der Waals surface area contributed by atoms with E-state index in [2.05, 4.69) is 11.8 Å². The minimum absolute atomic E-state index is 0.216. The third-order valence-corrected chi connectivity index (χ3v) is 4.27. The van der Waals surface area contributed by atoms with Crippen molar-refractivity contribution in [1.29, 1.82) is 0 Å². The Kier molecular flexibility index (Phi) is 5.37. The van der Waals surface area contributed by atoms with Crippen LogP contribution in [0.2, 0.25) is 0 Å². The Balaban J connectivity index is 2.05. The molecule has 6 heteroatoms. The lowest BCUT2D eigenvalue weighted by Crippen LogP contribution is -2.48. The SMILES string of the molecule is Cc1cc(=O)c(C(=O)N(C)CC(C)N2CCOCC2)cn1C. The molecule has 0 aliphatic carbocycles. The zero-order valence-electron chi connectivity index (χ0n) is 13.8. The summed E-state index contributed by atoms with van der Waals surface area (Å²) in [5.41, 5.74) is 0.849. The van der Waals surface area contributed by atoms with Crippen molar-refractivity contribution in [3.05, 3.63) is 33.7 Å². The number of hydrogen-bond acceptors (Lipinski definition) is 4. The molecule has 0 bridgehead atoms.